The number of hydrazone groups is 1. The van der Waals surface area contributed by atoms with Crippen LogP contribution in [0.4, 0.5) is 10.5 Å². The molecular formula is C22H33N5O5. The molecule has 10 nitrogen and oxygen atoms in total. The molecule has 1 aliphatic heterocycles. The highest BCUT2D eigenvalue weighted by Gasteiger charge is 2.25. The number of hydrogen-bond acceptors (Lipinski definition) is 8. The van der Waals surface area contributed by atoms with Gasteiger partial charge in [-0.05, 0) is 51.5 Å². The van der Waals surface area contributed by atoms with Crippen LogP contribution in [0.25, 0.3) is 0 Å². The van der Waals surface area contributed by atoms with E-state index in [1.807, 2.05) is 32.9 Å². The Morgan fingerprint density at radius 2 is 1.81 bits per heavy atom. The molecular weight excluding hydrogens is 414 g/mol. The Balaban J connectivity index is 1.66. The van der Waals surface area contributed by atoms with Crippen molar-refractivity contribution in [2.24, 2.45) is 15.9 Å². The van der Waals surface area contributed by atoms with Crippen LogP contribution in [0, 0.1) is 0 Å². The highest BCUT2D eigenvalue weighted by Crippen LogP contribution is 2.18. The van der Waals surface area contributed by atoms with Gasteiger partial charge in [-0.2, -0.15) is 5.10 Å². The van der Waals surface area contributed by atoms with Crippen LogP contribution >= 0.6 is 0 Å². The van der Waals surface area contributed by atoms with Gasteiger partial charge in [-0.3, -0.25) is 14.7 Å². The van der Waals surface area contributed by atoms with Crippen LogP contribution in [0.3, 0.4) is 0 Å². The van der Waals surface area contributed by atoms with Gasteiger partial charge in [0, 0.05) is 32.7 Å². The van der Waals surface area contributed by atoms with Crippen molar-refractivity contribution in [2.45, 2.75) is 39.2 Å². The van der Waals surface area contributed by atoms with E-state index in [0.29, 0.717) is 25.4 Å². The fourth-order valence-electron chi connectivity index (χ4n) is 3.02. The maximum absolute atomic E-state index is 12.1. The first kappa shape index (κ1) is 25.1. The second-order valence-corrected chi connectivity index (χ2v) is 8.45. The van der Waals surface area contributed by atoms with Gasteiger partial charge in [0.2, 0.25) is 0 Å². The molecule has 0 unspecified atom stereocenters. The van der Waals surface area contributed by atoms with Gasteiger partial charge in [-0.15, -0.1) is 0 Å². The number of nitrogens with two attached hydrogens (primary N) is 1. The number of ether oxygens (including phenoxy) is 2. The first-order valence-corrected chi connectivity index (χ1v) is 10.6. The number of benzene rings is 1. The van der Waals surface area contributed by atoms with E-state index in [0.717, 1.165) is 31.8 Å². The van der Waals surface area contributed by atoms with Crippen molar-refractivity contribution in [3.05, 3.63) is 24.3 Å². The van der Waals surface area contributed by atoms with E-state index in [9.17, 15) is 9.59 Å². The van der Waals surface area contributed by atoms with Gasteiger partial charge < -0.3 is 25.3 Å². The van der Waals surface area contributed by atoms with Gasteiger partial charge in [0.15, 0.2) is 0 Å². The van der Waals surface area contributed by atoms with Crippen molar-refractivity contribution in [1.29, 1.82) is 0 Å². The molecule has 0 aliphatic carbocycles. The first-order chi connectivity index (χ1) is 15.2. The van der Waals surface area contributed by atoms with Crippen molar-refractivity contribution in [3.63, 3.8) is 0 Å². The summed E-state index contributed by atoms with van der Waals surface area (Å²) in [6.45, 7) is 10.1. The second kappa shape index (κ2) is 12.0. The summed E-state index contributed by atoms with van der Waals surface area (Å²) in [4.78, 5) is 31.1. The van der Waals surface area contributed by atoms with Crippen LogP contribution < -0.4 is 10.6 Å². The lowest BCUT2D eigenvalue weighted by molar-refractivity contribution is -0.135. The number of carboxylic acids is 1. The summed E-state index contributed by atoms with van der Waals surface area (Å²) >= 11 is 0. The van der Waals surface area contributed by atoms with E-state index in [-0.39, 0.29) is 18.2 Å². The Kier molecular flexibility index (Phi) is 9.45. The maximum atomic E-state index is 12.1. The molecule has 0 bridgehead atoms. The summed E-state index contributed by atoms with van der Waals surface area (Å²) < 4.78 is 11.2. The molecule has 1 aromatic rings. The van der Waals surface area contributed by atoms with Gasteiger partial charge in [-0.25, -0.2) is 4.79 Å². The van der Waals surface area contributed by atoms with Crippen LogP contribution in [-0.2, 0) is 9.53 Å². The number of carbonyl (C=O) groups is 2. The summed E-state index contributed by atoms with van der Waals surface area (Å²) in [5.41, 5.74) is 0.356. The fourth-order valence-corrected chi connectivity index (χ4v) is 3.02. The van der Waals surface area contributed by atoms with Crippen molar-refractivity contribution >= 4 is 29.7 Å². The van der Waals surface area contributed by atoms with E-state index in [4.69, 9.17) is 20.4 Å². The minimum absolute atomic E-state index is 0.185. The maximum Gasteiger partial charge on any atom is 0.410 e. The standard InChI is InChI=1S/C22H33N5O5/c1-22(2,3)32-21(30)27-12-10-26(11-13-27)9-4-14-31-19-7-5-17(6-8-19)24-16-18(25-23)15-20(28)29/h5-8,16H,4,9-15,23H2,1-3H3,(H,28,29). The van der Waals surface area contributed by atoms with Gasteiger partial charge in [-0.1, -0.05) is 0 Å². The molecule has 0 radical (unpaired) electrons. The highest BCUT2D eigenvalue weighted by molar-refractivity contribution is 6.34. The topological polar surface area (TPSA) is 130 Å². The third-order valence-corrected chi connectivity index (χ3v) is 4.61. The smallest absolute Gasteiger partial charge is 0.410 e. The Morgan fingerprint density at radius 3 is 2.38 bits per heavy atom. The lowest BCUT2D eigenvalue weighted by Gasteiger charge is -2.35. The second-order valence-electron chi connectivity index (χ2n) is 8.45. The first-order valence-electron chi connectivity index (χ1n) is 10.6. The molecule has 1 saturated heterocycles. The molecule has 3 N–H and O–H groups in total. The Bertz CT molecular complexity index is 809. The van der Waals surface area contributed by atoms with Crippen molar-refractivity contribution < 1.29 is 24.2 Å². The molecule has 1 heterocycles. The van der Waals surface area contributed by atoms with E-state index in [1.54, 1.807) is 17.0 Å². The fraction of sp³-hybridized carbons (Fsp3) is 0.545. The SMILES string of the molecule is CC(C)(C)OC(=O)N1CCN(CCCOc2ccc(N=CC(CC(=O)O)=NN)cc2)CC1. The molecule has 0 aromatic heterocycles. The zero-order valence-corrected chi connectivity index (χ0v) is 19.0. The summed E-state index contributed by atoms with van der Waals surface area (Å²) in [5.74, 6) is 4.87. The van der Waals surface area contributed by atoms with Crippen LogP contribution in [0.5, 0.6) is 5.75 Å². The molecule has 1 fully saturated rings. The summed E-state index contributed by atoms with van der Waals surface area (Å²) in [5, 5.41) is 12.2. The van der Waals surface area contributed by atoms with Crippen molar-refractivity contribution in [1.82, 2.24) is 9.80 Å². The minimum atomic E-state index is -1.02. The number of carbonyl (C=O) groups excluding carboxylic acids is 1. The number of aliphatic carboxylic acids is 1. The van der Waals surface area contributed by atoms with Crippen LogP contribution in [-0.4, -0.2) is 83.8 Å². The molecule has 176 valence electrons. The largest absolute Gasteiger partial charge is 0.494 e. The number of piperazine rings is 1. The lowest BCUT2D eigenvalue weighted by atomic mass is 10.2. The number of rotatable bonds is 9. The van der Waals surface area contributed by atoms with Crippen molar-refractivity contribution in [2.75, 3.05) is 39.3 Å². The molecule has 10 heteroatoms. The molecule has 32 heavy (non-hydrogen) atoms. The summed E-state index contributed by atoms with van der Waals surface area (Å²) in [6, 6.07) is 7.17. The molecule has 1 aromatic carbocycles. The average molecular weight is 448 g/mol. The lowest BCUT2D eigenvalue weighted by Crippen LogP contribution is -2.50. The zero-order chi connectivity index (χ0) is 23.6. The third-order valence-electron chi connectivity index (χ3n) is 4.61. The van der Waals surface area contributed by atoms with E-state index < -0.39 is 11.6 Å². The zero-order valence-electron chi connectivity index (χ0n) is 19.0. The number of aliphatic imine (C=N–C) groups is 1. The summed E-state index contributed by atoms with van der Waals surface area (Å²) in [6.07, 6.45) is 1.68. The molecule has 0 spiro atoms. The Labute approximate surface area is 188 Å². The minimum Gasteiger partial charge on any atom is -0.494 e. The molecule has 0 saturated carbocycles. The van der Waals surface area contributed by atoms with Gasteiger partial charge >= 0.3 is 12.1 Å². The number of nitrogens with zero attached hydrogens (tertiary/aromatic N) is 4. The van der Waals surface area contributed by atoms with Crippen molar-refractivity contribution in [3.8, 4) is 5.75 Å². The predicted molar refractivity (Wildman–Crippen MR) is 123 cm³/mol. The molecule has 0 atom stereocenters. The number of hydrogen-bond donors (Lipinski definition) is 2. The number of amides is 1. The van der Waals surface area contributed by atoms with E-state index in [1.165, 1.54) is 6.21 Å². The van der Waals surface area contributed by atoms with Crippen LogP contribution in [0.2, 0.25) is 0 Å². The Morgan fingerprint density at radius 1 is 1.16 bits per heavy atom. The van der Waals surface area contributed by atoms with Gasteiger partial charge in [0.1, 0.15) is 11.4 Å². The highest BCUT2D eigenvalue weighted by atomic mass is 16.6. The van der Waals surface area contributed by atoms with Gasteiger partial charge in [0.05, 0.1) is 30.6 Å². The number of carboxylic acid groups (broad SMARTS) is 1. The Hall–Kier alpha value is -3.14. The molecule has 1 aliphatic rings. The van der Waals surface area contributed by atoms with Gasteiger partial charge in [0.25, 0.3) is 0 Å². The monoisotopic (exact) mass is 447 g/mol. The predicted octanol–water partition coefficient (Wildman–Crippen LogP) is 2.50. The third kappa shape index (κ3) is 9.34. The quantitative estimate of drug-likeness (QED) is 0.257. The van der Waals surface area contributed by atoms with Crippen LogP contribution in [0.15, 0.2) is 34.4 Å². The van der Waals surface area contributed by atoms with E-state index in [2.05, 4.69) is 15.0 Å². The van der Waals surface area contributed by atoms with Crippen LogP contribution in [0.1, 0.15) is 33.6 Å². The molecule has 2 rings (SSSR count). The molecule has 1 amide bonds. The van der Waals surface area contributed by atoms with E-state index >= 15 is 0 Å². The normalized spacial score (nSPS) is 15.7. The summed E-state index contributed by atoms with van der Waals surface area (Å²) in [7, 11) is 0. The average Bonchev–Trinajstić information content (AvgIpc) is 2.74.